The number of ether oxygens (including phenoxy) is 2. The van der Waals surface area contributed by atoms with Crippen molar-refractivity contribution in [1.29, 1.82) is 0 Å². The summed E-state index contributed by atoms with van der Waals surface area (Å²) in [6.45, 7) is 7.92. The monoisotopic (exact) mass is 551 g/mol. The molecule has 0 radical (unpaired) electrons. The van der Waals surface area contributed by atoms with Gasteiger partial charge in [-0.05, 0) is 49.6 Å². The Labute approximate surface area is 223 Å². The topological polar surface area (TPSA) is 105 Å². The molecule has 0 aliphatic carbocycles. The molecular weight excluding hydrogens is 518 g/mol. The highest BCUT2D eigenvalue weighted by Gasteiger charge is 2.31. The van der Waals surface area contributed by atoms with Crippen molar-refractivity contribution in [1.82, 2.24) is 10.2 Å². The predicted octanol–water partition coefficient (Wildman–Crippen LogP) is 3.46. The summed E-state index contributed by atoms with van der Waals surface area (Å²) in [5.41, 5.74) is 1.04. The highest BCUT2D eigenvalue weighted by molar-refractivity contribution is 7.92. The standard InChI is InChI=1S/C26H34ClN3O6S/c1-5-37(33,34)30(22-10-11-23-24(14-22)36-13-12-35-23)17-25(31)29(16-20-6-8-21(27)9-7-20)19(4)26(32)28-15-18(2)3/h6-11,14,18-19H,5,12-13,15-17H2,1-4H3,(H,28,32). The van der Waals surface area contributed by atoms with Gasteiger partial charge in [0, 0.05) is 24.2 Å². The molecule has 1 heterocycles. The van der Waals surface area contributed by atoms with E-state index in [1.165, 1.54) is 11.8 Å². The number of sulfonamides is 1. The smallest absolute Gasteiger partial charge is 0.244 e. The summed E-state index contributed by atoms with van der Waals surface area (Å²) in [5, 5.41) is 3.40. The Morgan fingerprint density at radius 2 is 1.68 bits per heavy atom. The molecule has 0 saturated heterocycles. The van der Waals surface area contributed by atoms with Crippen LogP contribution in [-0.4, -0.2) is 63.2 Å². The van der Waals surface area contributed by atoms with Gasteiger partial charge in [-0.25, -0.2) is 8.42 Å². The van der Waals surface area contributed by atoms with Crippen molar-refractivity contribution in [3.8, 4) is 11.5 Å². The first-order valence-electron chi connectivity index (χ1n) is 12.2. The van der Waals surface area contributed by atoms with Crippen LogP contribution in [0.25, 0.3) is 0 Å². The number of nitrogens with zero attached hydrogens (tertiary/aromatic N) is 2. The fourth-order valence-electron chi connectivity index (χ4n) is 3.73. The molecule has 9 nitrogen and oxygen atoms in total. The SMILES string of the molecule is CCS(=O)(=O)N(CC(=O)N(Cc1ccc(Cl)cc1)C(C)C(=O)NCC(C)C)c1ccc2c(c1)OCCO2. The summed E-state index contributed by atoms with van der Waals surface area (Å²) >= 11 is 6.01. The predicted molar refractivity (Wildman–Crippen MR) is 144 cm³/mol. The van der Waals surface area contributed by atoms with E-state index in [1.54, 1.807) is 49.4 Å². The summed E-state index contributed by atoms with van der Waals surface area (Å²) in [5.74, 6) is 0.101. The molecule has 37 heavy (non-hydrogen) atoms. The van der Waals surface area contributed by atoms with Crippen molar-refractivity contribution in [2.45, 2.75) is 40.3 Å². The van der Waals surface area contributed by atoms with Gasteiger partial charge >= 0.3 is 0 Å². The molecule has 0 bridgehead atoms. The molecule has 202 valence electrons. The van der Waals surface area contributed by atoms with Crippen LogP contribution in [-0.2, 0) is 26.2 Å². The van der Waals surface area contributed by atoms with Crippen LogP contribution < -0.4 is 19.1 Å². The van der Waals surface area contributed by atoms with E-state index in [0.29, 0.717) is 36.3 Å². The third-order valence-corrected chi connectivity index (χ3v) is 7.90. The van der Waals surface area contributed by atoms with Crippen LogP contribution in [0.15, 0.2) is 42.5 Å². The molecule has 2 aromatic rings. The summed E-state index contributed by atoms with van der Waals surface area (Å²) < 4.78 is 38.4. The van der Waals surface area contributed by atoms with E-state index in [9.17, 15) is 18.0 Å². The number of rotatable bonds is 11. The number of halogens is 1. The molecule has 1 N–H and O–H groups in total. The Balaban J connectivity index is 1.92. The van der Waals surface area contributed by atoms with Gasteiger partial charge in [0.25, 0.3) is 0 Å². The van der Waals surface area contributed by atoms with Crippen molar-refractivity contribution in [3.63, 3.8) is 0 Å². The molecule has 0 saturated carbocycles. The maximum absolute atomic E-state index is 13.7. The molecule has 0 spiro atoms. The summed E-state index contributed by atoms with van der Waals surface area (Å²) in [7, 11) is -3.84. The lowest BCUT2D eigenvalue weighted by atomic mass is 10.1. The number of anilines is 1. The van der Waals surface area contributed by atoms with E-state index in [0.717, 1.165) is 9.87 Å². The number of hydrogen-bond acceptors (Lipinski definition) is 6. The molecule has 1 atom stereocenters. The van der Waals surface area contributed by atoms with Crippen LogP contribution in [0.3, 0.4) is 0 Å². The molecular formula is C26H34ClN3O6S. The molecule has 11 heteroatoms. The Bertz CT molecular complexity index is 1200. The van der Waals surface area contributed by atoms with Gasteiger partial charge in [0.15, 0.2) is 11.5 Å². The second-order valence-corrected chi connectivity index (χ2v) is 11.8. The number of amides is 2. The van der Waals surface area contributed by atoms with Gasteiger partial charge in [-0.1, -0.05) is 37.6 Å². The molecule has 2 aromatic carbocycles. The number of fused-ring (bicyclic) bond motifs is 1. The number of carbonyl (C=O) groups excluding carboxylic acids is 2. The summed E-state index contributed by atoms with van der Waals surface area (Å²) in [6, 6.07) is 10.9. The largest absolute Gasteiger partial charge is 0.486 e. The van der Waals surface area contributed by atoms with Crippen molar-refractivity contribution >= 4 is 39.1 Å². The van der Waals surface area contributed by atoms with Crippen LogP contribution in [0.2, 0.25) is 5.02 Å². The van der Waals surface area contributed by atoms with Gasteiger partial charge in [-0.3, -0.25) is 13.9 Å². The minimum Gasteiger partial charge on any atom is -0.486 e. The molecule has 1 unspecified atom stereocenters. The van der Waals surface area contributed by atoms with Crippen molar-refractivity contribution in [2.24, 2.45) is 5.92 Å². The number of carbonyl (C=O) groups is 2. The molecule has 3 rings (SSSR count). The van der Waals surface area contributed by atoms with E-state index in [1.807, 2.05) is 13.8 Å². The highest BCUT2D eigenvalue weighted by atomic mass is 35.5. The van der Waals surface area contributed by atoms with Gasteiger partial charge < -0.3 is 19.7 Å². The third-order valence-electron chi connectivity index (χ3n) is 5.91. The van der Waals surface area contributed by atoms with E-state index < -0.39 is 28.5 Å². The number of benzene rings is 2. The Morgan fingerprint density at radius 1 is 1.03 bits per heavy atom. The maximum Gasteiger partial charge on any atom is 0.244 e. The first-order chi connectivity index (χ1) is 17.5. The van der Waals surface area contributed by atoms with Gasteiger partial charge in [-0.2, -0.15) is 0 Å². The zero-order valence-electron chi connectivity index (χ0n) is 21.6. The molecule has 0 fully saturated rings. The summed E-state index contributed by atoms with van der Waals surface area (Å²) in [6.07, 6.45) is 0. The van der Waals surface area contributed by atoms with Gasteiger partial charge in [-0.15, -0.1) is 0 Å². The average Bonchev–Trinajstić information content (AvgIpc) is 2.89. The van der Waals surface area contributed by atoms with E-state index in [-0.39, 0.29) is 29.8 Å². The van der Waals surface area contributed by atoms with Crippen molar-refractivity contribution in [3.05, 3.63) is 53.1 Å². The van der Waals surface area contributed by atoms with Crippen LogP contribution in [0.4, 0.5) is 5.69 Å². The second kappa shape index (κ2) is 12.5. The molecule has 1 aliphatic rings. The quantitative estimate of drug-likeness (QED) is 0.458. The fourth-order valence-corrected chi connectivity index (χ4v) is 4.91. The zero-order chi connectivity index (χ0) is 27.2. The van der Waals surface area contributed by atoms with Gasteiger partial charge in [0.1, 0.15) is 25.8 Å². The second-order valence-electron chi connectivity index (χ2n) is 9.20. The third kappa shape index (κ3) is 7.52. The molecule has 0 aromatic heterocycles. The van der Waals surface area contributed by atoms with Crippen molar-refractivity contribution < 1.29 is 27.5 Å². The lowest BCUT2D eigenvalue weighted by Crippen LogP contribution is -2.51. The maximum atomic E-state index is 13.7. The van der Waals surface area contributed by atoms with Crippen LogP contribution in [0.5, 0.6) is 11.5 Å². The molecule has 2 amide bonds. The number of hydrogen-bond donors (Lipinski definition) is 1. The average molecular weight is 552 g/mol. The Morgan fingerprint density at radius 3 is 2.30 bits per heavy atom. The Hall–Kier alpha value is -2.98. The minimum atomic E-state index is -3.84. The minimum absolute atomic E-state index is 0.105. The lowest BCUT2D eigenvalue weighted by molar-refractivity contribution is -0.139. The van der Waals surface area contributed by atoms with Crippen LogP contribution >= 0.6 is 11.6 Å². The fraction of sp³-hybridized carbons (Fsp3) is 0.462. The van der Waals surface area contributed by atoms with Gasteiger partial charge in [0.2, 0.25) is 21.8 Å². The highest BCUT2D eigenvalue weighted by Crippen LogP contribution is 2.35. The molecule has 1 aliphatic heterocycles. The van der Waals surface area contributed by atoms with E-state index in [2.05, 4.69) is 5.32 Å². The summed E-state index contributed by atoms with van der Waals surface area (Å²) in [4.78, 5) is 28.0. The zero-order valence-corrected chi connectivity index (χ0v) is 23.1. The van der Waals surface area contributed by atoms with Gasteiger partial charge in [0.05, 0.1) is 11.4 Å². The number of nitrogens with one attached hydrogen (secondary N) is 1. The van der Waals surface area contributed by atoms with E-state index in [4.69, 9.17) is 21.1 Å². The lowest BCUT2D eigenvalue weighted by Gasteiger charge is -2.32. The van der Waals surface area contributed by atoms with Crippen molar-refractivity contribution in [2.75, 3.05) is 36.4 Å². The van der Waals surface area contributed by atoms with Crippen LogP contribution in [0.1, 0.15) is 33.3 Å². The Kier molecular flexibility index (Phi) is 9.67. The first-order valence-corrected chi connectivity index (χ1v) is 14.2. The normalized spacial score (nSPS) is 13.7. The van der Waals surface area contributed by atoms with Crippen LogP contribution in [0, 0.1) is 5.92 Å². The first kappa shape index (κ1) is 28.6. The van der Waals surface area contributed by atoms with E-state index >= 15 is 0 Å².